The van der Waals surface area contributed by atoms with E-state index in [-0.39, 0.29) is 24.6 Å². The zero-order valence-corrected chi connectivity index (χ0v) is 21.3. The van der Waals surface area contributed by atoms with Gasteiger partial charge in [0.2, 0.25) is 10.0 Å². The molecule has 4 rings (SSSR count). The molecule has 0 aliphatic carbocycles. The lowest BCUT2D eigenvalue weighted by Gasteiger charge is -2.39. The van der Waals surface area contributed by atoms with Crippen LogP contribution < -0.4 is 4.72 Å². The molecule has 2 unspecified atom stereocenters. The highest BCUT2D eigenvalue weighted by atomic mass is 32.2. The Labute approximate surface area is 207 Å². The van der Waals surface area contributed by atoms with E-state index in [1.165, 1.54) is 11.6 Å². The van der Waals surface area contributed by atoms with Gasteiger partial charge in [-0.1, -0.05) is 42.5 Å². The third-order valence-electron chi connectivity index (χ3n) is 6.90. The minimum absolute atomic E-state index is 0.123. The van der Waals surface area contributed by atoms with Crippen LogP contribution in [-0.4, -0.2) is 56.8 Å². The van der Waals surface area contributed by atoms with Gasteiger partial charge < -0.3 is 14.7 Å². The normalized spacial score (nSPS) is 24.5. The van der Waals surface area contributed by atoms with Gasteiger partial charge >= 0.3 is 0 Å². The largest absolute Gasteiger partial charge is 0.457 e. The number of ether oxygens (including phenoxy) is 1. The minimum Gasteiger partial charge on any atom is -0.457 e. The fourth-order valence-corrected chi connectivity index (χ4v) is 6.86. The van der Waals surface area contributed by atoms with E-state index >= 15 is 0 Å². The van der Waals surface area contributed by atoms with E-state index in [1.54, 1.807) is 32.0 Å². The number of hydrogen-bond donors (Lipinski definition) is 2. The molecule has 0 radical (unpaired) electrons. The highest BCUT2D eigenvalue weighted by molar-refractivity contribution is 7.90. The smallest absolute Gasteiger partial charge is 0.299 e. The van der Waals surface area contributed by atoms with Crippen LogP contribution in [-0.2, 0) is 14.8 Å². The van der Waals surface area contributed by atoms with Crippen LogP contribution in [0.4, 0.5) is 4.39 Å². The molecule has 2 saturated heterocycles. The Morgan fingerprint density at radius 2 is 1.77 bits per heavy atom. The van der Waals surface area contributed by atoms with Gasteiger partial charge in [-0.15, -0.1) is 0 Å². The number of aliphatic hydroxyl groups is 1. The van der Waals surface area contributed by atoms with Crippen LogP contribution in [0.5, 0.6) is 0 Å². The summed E-state index contributed by atoms with van der Waals surface area (Å²) in [7, 11) is -1.77. The number of aliphatic hydroxyl groups excluding tert-OH is 1. The second-order valence-corrected chi connectivity index (χ2v) is 11.7. The summed E-state index contributed by atoms with van der Waals surface area (Å²) in [6.07, 6.45) is 2.30. The summed E-state index contributed by atoms with van der Waals surface area (Å²) in [6, 6.07) is 12.9. The van der Waals surface area contributed by atoms with Crippen molar-refractivity contribution >= 4 is 16.0 Å². The van der Waals surface area contributed by atoms with Crippen LogP contribution in [0.2, 0.25) is 0 Å². The summed E-state index contributed by atoms with van der Waals surface area (Å²) in [6.45, 7) is 5.29. The Kier molecular flexibility index (Phi) is 7.49. The lowest BCUT2D eigenvalue weighted by Crippen LogP contribution is -2.53. The Morgan fingerprint density at radius 3 is 2.37 bits per heavy atom. The molecule has 7 nitrogen and oxygen atoms in total. The number of nitrogens with zero attached hydrogens (tertiary/aromatic N) is 2. The monoisotopic (exact) mass is 503 g/mol. The molecule has 2 aromatic carbocycles. The lowest BCUT2D eigenvalue weighted by atomic mass is 9.88. The zero-order chi connectivity index (χ0) is 25.2. The molecule has 2 fully saturated rings. The molecule has 2 aliphatic rings. The van der Waals surface area contributed by atoms with Crippen molar-refractivity contribution in [2.45, 2.75) is 55.9 Å². The van der Waals surface area contributed by atoms with Crippen molar-refractivity contribution in [3.8, 4) is 0 Å². The van der Waals surface area contributed by atoms with Crippen LogP contribution in [0.1, 0.15) is 67.0 Å². The summed E-state index contributed by atoms with van der Waals surface area (Å²) in [4.78, 5) is 6.68. The van der Waals surface area contributed by atoms with Crippen molar-refractivity contribution in [2.75, 3.05) is 26.7 Å². The van der Waals surface area contributed by atoms with Crippen molar-refractivity contribution < 1.29 is 22.7 Å². The SMILES string of the molecule is CN1CCC(c2ccc(C3C(C)(C)OC(=NC(CCO)c4ccccc4F)NS3(=O)=O)cc2)CC1. The van der Waals surface area contributed by atoms with Gasteiger partial charge in [0, 0.05) is 12.2 Å². The quantitative estimate of drug-likeness (QED) is 0.624. The Balaban J connectivity index is 1.58. The van der Waals surface area contributed by atoms with E-state index in [0.29, 0.717) is 11.5 Å². The first kappa shape index (κ1) is 25.6. The Hall–Kier alpha value is -2.49. The molecule has 9 heteroatoms. The molecular weight excluding hydrogens is 469 g/mol. The van der Waals surface area contributed by atoms with Gasteiger partial charge in [0.1, 0.15) is 16.7 Å². The molecule has 0 aromatic heterocycles. The first-order valence-corrected chi connectivity index (χ1v) is 13.6. The summed E-state index contributed by atoms with van der Waals surface area (Å²) >= 11 is 0. The molecule has 2 aromatic rings. The number of amidine groups is 1. The third kappa shape index (κ3) is 5.68. The van der Waals surface area contributed by atoms with Gasteiger partial charge in [0.05, 0.1) is 6.04 Å². The maximum absolute atomic E-state index is 14.4. The molecule has 0 spiro atoms. The van der Waals surface area contributed by atoms with Gasteiger partial charge in [-0.3, -0.25) is 0 Å². The van der Waals surface area contributed by atoms with Crippen LogP contribution in [0, 0.1) is 5.82 Å². The zero-order valence-electron chi connectivity index (χ0n) is 20.4. The minimum atomic E-state index is -3.90. The molecular formula is C26H34FN3O4S. The molecule has 0 saturated carbocycles. The maximum atomic E-state index is 14.4. The predicted octanol–water partition coefficient (Wildman–Crippen LogP) is 3.88. The molecule has 35 heavy (non-hydrogen) atoms. The van der Waals surface area contributed by atoms with Gasteiger partial charge in [-0.25, -0.2) is 22.5 Å². The van der Waals surface area contributed by atoms with Crippen molar-refractivity contribution in [1.29, 1.82) is 0 Å². The molecule has 2 N–H and O–H groups in total. The molecule has 2 aliphatic heterocycles. The predicted molar refractivity (Wildman–Crippen MR) is 134 cm³/mol. The number of rotatable bonds is 6. The highest BCUT2D eigenvalue weighted by Gasteiger charge is 2.48. The summed E-state index contributed by atoms with van der Waals surface area (Å²) in [5, 5.41) is 8.52. The first-order valence-electron chi connectivity index (χ1n) is 12.0. The van der Waals surface area contributed by atoms with Gasteiger partial charge in [-0.2, -0.15) is 0 Å². The van der Waals surface area contributed by atoms with E-state index in [4.69, 9.17) is 4.74 Å². The van der Waals surface area contributed by atoms with E-state index < -0.39 is 32.7 Å². The second kappa shape index (κ2) is 10.2. The Morgan fingerprint density at radius 1 is 1.14 bits per heavy atom. The van der Waals surface area contributed by atoms with E-state index in [9.17, 15) is 17.9 Å². The Bertz CT molecular complexity index is 1160. The maximum Gasteiger partial charge on any atom is 0.299 e. The number of sulfonamides is 1. The summed E-state index contributed by atoms with van der Waals surface area (Å²) in [5.41, 5.74) is 0.998. The van der Waals surface area contributed by atoms with E-state index in [2.05, 4.69) is 21.7 Å². The van der Waals surface area contributed by atoms with Crippen LogP contribution >= 0.6 is 0 Å². The van der Waals surface area contributed by atoms with Gasteiger partial charge in [0.25, 0.3) is 6.02 Å². The van der Waals surface area contributed by atoms with Crippen LogP contribution in [0.15, 0.2) is 53.5 Å². The number of likely N-dealkylation sites (tertiary alicyclic amines) is 1. The first-order chi connectivity index (χ1) is 16.6. The number of piperidine rings is 1. The van der Waals surface area contributed by atoms with E-state index in [1.807, 2.05) is 24.3 Å². The van der Waals surface area contributed by atoms with Crippen molar-refractivity contribution in [1.82, 2.24) is 9.62 Å². The molecule has 0 bridgehead atoms. The summed E-state index contributed by atoms with van der Waals surface area (Å²) < 4.78 is 49.6. The number of hydrogen-bond acceptors (Lipinski definition) is 6. The molecule has 2 heterocycles. The average Bonchev–Trinajstić information content (AvgIpc) is 2.79. The second-order valence-electron chi connectivity index (χ2n) is 9.96. The highest BCUT2D eigenvalue weighted by Crippen LogP contribution is 2.40. The average molecular weight is 504 g/mol. The standard InChI is InChI=1S/C26H34FN3O4S/c1-26(2)24(20-10-8-18(9-11-20)19-12-15-30(3)16-13-19)35(32,33)29-25(34-26)28-23(14-17-31)21-6-4-5-7-22(21)27/h4-11,19,23-24,31H,12-17H2,1-3H3,(H,28,29). The summed E-state index contributed by atoms with van der Waals surface area (Å²) in [5.74, 6) is 0.00183. The van der Waals surface area contributed by atoms with Crippen LogP contribution in [0.3, 0.4) is 0 Å². The van der Waals surface area contributed by atoms with Crippen LogP contribution in [0.25, 0.3) is 0 Å². The molecule has 190 valence electrons. The van der Waals surface area contributed by atoms with Gasteiger partial charge in [0.15, 0.2) is 0 Å². The van der Waals surface area contributed by atoms with Crippen molar-refractivity contribution in [3.05, 3.63) is 71.0 Å². The number of halogens is 1. The van der Waals surface area contributed by atoms with E-state index in [0.717, 1.165) is 25.9 Å². The molecule has 0 amide bonds. The lowest BCUT2D eigenvalue weighted by molar-refractivity contribution is 0.0758. The topological polar surface area (TPSA) is 91.2 Å². The third-order valence-corrected chi connectivity index (χ3v) is 8.82. The number of nitrogens with one attached hydrogen (secondary N) is 1. The number of aliphatic imine (C=N–C) groups is 1. The fraction of sp³-hybridized carbons (Fsp3) is 0.500. The fourth-order valence-electron chi connectivity index (χ4n) is 5.09. The van der Waals surface area contributed by atoms with Gasteiger partial charge in [-0.05, 0) is 76.4 Å². The van der Waals surface area contributed by atoms with Crippen molar-refractivity contribution in [2.24, 2.45) is 4.99 Å². The number of benzene rings is 2. The molecule has 2 atom stereocenters. The van der Waals surface area contributed by atoms with Crippen molar-refractivity contribution in [3.63, 3.8) is 0 Å².